The number of methoxy groups -OCH3 is 1. The van der Waals surface area contributed by atoms with Crippen LogP contribution in [0.5, 0.6) is 5.75 Å². The Morgan fingerprint density at radius 3 is 2.54 bits per heavy atom. The van der Waals surface area contributed by atoms with Crippen molar-refractivity contribution in [2.45, 2.75) is 33.2 Å². The van der Waals surface area contributed by atoms with Crippen LogP contribution in [0.3, 0.4) is 0 Å². The minimum absolute atomic E-state index is 0.103. The number of hydrogen-bond donors (Lipinski definition) is 1. The molecule has 0 unspecified atom stereocenters. The second kappa shape index (κ2) is 8.93. The van der Waals surface area contributed by atoms with Crippen LogP contribution in [-0.2, 0) is 13.0 Å². The van der Waals surface area contributed by atoms with Crippen LogP contribution in [0.4, 0.5) is 0 Å². The highest BCUT2D eigenvalue weighted by atomic mass is 35.5. The first-order chi connectivity index (χ1) is 13.5. The molecular weight excluding hydrogens is 374 g/mol. The molecule has 0 fully saturated rings. The topological polar surface area (TPSA) is 59.4 Å². The zero-order chi connectivity index (χ0) is 20.1. The maximum atomic E-state index is 13.1. The molecule has 1 heterocycles. The van der Waals surface area contributed by atoms with Crippen molar-refractivity contribution in [3.05, 3.63) is 80.7 Å². The van der Waals surface area contributed by atoms with Gasteiger partial charge in [0.2, 0.25) is 0 Å². The smallest absolute Gasteiger partial charge is 0.280 e. The van der Waals surface area contributed by atoms with Gasteiger partial charge in [-0.3, -0.25) is 14.9 Å². The molecule has 0 bridgehead atoms. The molecule has 0 saturated carbocycles. The summed E-state index contributed by atoms with van der Waals surface area (Å²) in [6.45, 7) is 4.40. The third-order valence-electron chi connectivity index (χ3n) is 4.60. The number of H-pyrrole nitrogens is 1. The van der Waals surface area contributed by atoms with Gasteiger partial charge in [-0.05, 0) is 49.2 Å². The number of aryl methyl sites for hydroxylation is 1. The van der Waals surface area contributed by atoms with Crippen LogP contribution in [0.15, 0.2) is 58.3 Å². The molecular formula is C22H24ClN3O2. The number of rotatable bonds is 7. The van der Waals surface area contributed by atoms with Gasteiger partial charge in [0, 0.05) is 16.4 Å². The van der Waals surface area contributed by atoms with Crippen LogP contribution in [0.25, 0.3) is 5.69 Å². The van der Waals surface area contributed by atoms with Crippen LogP contribution in [0.1, 0.15) is 37.1 Å². The number of nitrogens with one attached hydrogen (secondary N) is 1. The van der Waals surface area contributed by atoms with E-state index in [0.29, 0.717) is 22.8 Å². The Morgan fingerprint density at radius 2 is 1.89 bits per heavy atom. The summed E-state index contributed by atoms with van der Waals surface area (Å²) in [5, 5.41) is 3.93. The van der Waals surface area contributed by atoms with Crippen LogP contribution >= 0.6 is 11.6 Å². The van der Waals surface area contributed by atoms with Crippen molar-refractivity contribution in [1.82, 2.24) is 9.78 Å². The number of aliphatic imine (C=N–C) groups is 1. The van der Waals surface area contributed by atoms with E-state index in [9.17, 15) is 4.79 Å². The highest BCUT2D eigenvalue weighted by molar-refractivity contribution is 6.31. The van der Waals surface area contributed by atoms with Gasteiger partial charge >= 0.3 is 0 Å². The standard InChI is InChI=1S/C22H24ClN3O2/c1-4-7-20-21(15(2)24-14-16-8-5-6-9-19(16)23)22(27)26(25-20)17-10-12-18(28-3)13-11-17/h5-6,8-13,25H,4,7,14H2,1-3H3. The van der Waals surface area contributed by atoms with Gasteiger partial charge in [-0.1, -0.05) is 43.1 Å². The summed E-state index contributed by atoms with van der Waals surface area (Å²) < 4.78 is 6.76. The number of hydrogen-bond acceptors (Lipinski definition) is 3. The molecule has 0 aliphatic carbocycles. The summed E-state index contributed by atoms with van der Waals surface area (Å²) in [5.41, 5.74) is 3.82. The van der Waals surface area contributed by atoms with Crippen LogP contribution in [-0.4, -0.2) is 22.6 Å². The predicted octanol–water partition coefficient (Wildman–Crippen LogP) is 4.79. The third-order valence-corrected chi connectivity index (χ3v) is 4.97. The Hall–Kier alpha value is -2.79. The number of aromatic amines is 1. The van der Waals surface area contributed by atoms with Gasteiger partial charge in [-0.2, -0.15) is 0 Å². The number of nitrogens with zero attached hydrogens (tertiary/aromatic N) is 2. The lowest BCUT2D eigenvalue weighted by atomic mass is 10.1. The summed E-state index contributed by atoms with van der Waals surface area (Å²) in [4.78, 5) is 17.8. The maximum absolute atomic E-state index is 13.1. The molecule has 0 spiro atoms. The molecule has 0 amide bonds. The SMILES string of the molecule is CCCc1[nH]n(-c2ccc(OC)cc2)c(=O)c1C(C)=NCc1ccccc1Cl. The lowest BCUT2D eigenvalue weighted by Crippen LogP contribution is -2.20. The number of benzene rings is 2. The van der Waals surface area contributed by atoms with Crippen LogP contribution in [0.2, 0.25) is 5.02 Å². The maximum Gasteiger partial charge on any atom is 0.280 e. The molecule has 0 aliphatic rings. The van der Waals surface area contributed by atoms with Gasteiger partial charge in [0.05, 0.1) is 24.9 Å². The highest BCUT2D eigenvalue weighted by Gasteiger charge is 2.17. The largest absolute Gasteiger partial charge is 0.497 e. The Bertz CT molecular complexity index is 1030. The molecule has 5 nitrogen and oxygen atoms in total. The monoisotopic (exact) mass is 397 g/mol. The van der Waals surface area contributed by atoms with E-state index in [1.807, 2.05) is 55.5 Å². The summed E-state index contributed by atoms with van der Waals surface area (Å²) in [7, 11) is 1.62. The molecule has 2 aromatic carbocycles. The van der Waals surface area contributed by atoms with E-state index in [-0.39, 0.29) is 5.56 Å². The Balaban J connectivity index is 1.99. The van der Waals surface area contributed by atoms with Crippen molar-refractivity contribution in [1.29, 1.82) is 0 Å². The second-order valence-corrected chi connectivity index (χ2v) is 6.95. The molecule has 0 aliphatic heterocycles. The van der Waals surface area contributed by atoms with Crippen molar-refractivity contribution in [3.63, 3.8) is 0 Å². The molecule has 28 heavy (non-hydrogen) atoms. The lowest BCUT2D eigenvalue weighted by molar-refractivity contribution is 0.414. The zero-order valence-corrected chi connectivity index (χ0v) is 17.1. The Kier molecular flexibility index (Phi) is 6.37. The fraction of sp³-hybridized carbons (Fsp3) is 0.273. The molecule has 6 heteroatoms. The van der Waals surface area contributed by atoms with Crippen LogP contribution < -0.4 is 10.3 Å². The zero-order valence-electron chi connectivity index (χ0n) is 16.3. The van der Waals surface area contributed by atoms with Gasteiger partial charge in [-0.25, -0.2) is 4.68 Å². The van der Waals surface area contributed by atoms with Gasteiger partial charge in [0.25, 0.3) is 5.56 Å². The van der Waals surface area contributed by atoms with Crippen molar-refractivity contribution in [3.8, 4) is 11.4 Å². The molecule has 0 atom stereocenters. The normalized spacial score (nSPS) is 11.6. The van der Waals surface area contributed by atoms with Crippen molar-refractivity contribution >= 4 is 17.3 Å². The minimum atomic E-state index is -0.103. The first-order valence-electron chi connectivity index (χ1n) is 9.28. The van der Waals surface area contributed by atoms with E-state index in [2.05, 4.69) is 17.0 Å². The Labute approximate surface area is 169 Å². The van der Waals surface area contributed by atoms with Crippen LogP contribution in [0, 0.1) is 0 Å². The van der Waals surface area contributed by atoms with E-state index in [0.717, 1.165) is 35.5 Å². The van der Waals surface area contributed by atoms with Crippen molar-refractivity contribution in [2.24, 2.45) is 4.99 Å². The average Bonchev–Trinajstić information content (AvgIpc) is 3.03. The summed E-state index contributed by atoms with van der Waals surface area (Å²) in [6.07, 6.45) is 1.69. The lowest BCUT2D eigenvalue weighted by Gasteiger charge is -2.03. The van der Waals surface area contributed by atoms with Crippen molar-refractivity contribution < 1.29 is 4.74 Å². The first-order valence-corrected chi connectivity index (χ1v) is 9.66. The molecule has 1 aromatic heterocycles. The number of halogens is 1. The molecule has 0 radical (unpaired) electrons. The molecule has 3 rings (SSSR count). The fourth-order valence-corrected chi connectivity index (χ4v) is 3.30. The predicted molar refractivity (Wildman–Crippen MR) is 114 cm³/mol. The van der Waals surface area contributed by atoms with Gasteiger partial charge in [0.1, 0.15) is 5.75 Å². The van der Waals surface area contributed by atoms with E-state index in [1.54, 1.807) is 11.8 Å². The third kappa shape index (κ3) is 4.20. The van der Waals surface area contributed by atoms with E-state index in [1.165, 1.54) is 0 Å². The number of aromatic nitrogens is 2. The van der Waals surface area contributed by atoms with Crippen molar-refractivity contribution in [2.75, 3.05) is 7.11 Å². The van der Waals surface area contributed by atoms with Gasteiger partial charge < -0.3 is 4.74 Å². The first kappa shape index (κ1) is 20.0. The average molecular weight is 398 g/mol. The Morgan fingerprint density at radius 1 is 1.18 bits per heavy atom. The molecule has 1 N–H and O–H groups in total. The highest BCUT2D eigenvalue weighted by Crippen LogP contribution is 2.18. The van der Waals surface area contributed by atoms with E-state index < -0.39 is 0 Å². The molecule has 146 valence electrons. The quantitative estimate of drug-likeness (QED) is 0.582. The minimum Gasteiger partial charge on any atom is -0.497 e. The fourth-order valence-electron chi connectivity index (χ4n) is 3.11. The molecule has 3 aromatic rings. The second-order valence-electron chi connectivity index (χ2n) is 6.55. The van der Waals surface area contributed by atoms with E-state index in [4.69, 9.17) is 16.3 Å². The summed E-state index contributed by atoms with van der Waals surface area (Å²) in [5.74, 6) is 0.745. The van der Waals surface area contributed by atoms with Gasteiger partial charge in [-0.15, -0.1) is 0 Å². The summed E-state index contributed by atoms with van der Waals surface area (Å²) in [6, 6.07) is 15.0. The van der Waals surface area contributed by atoms with Gasteiger partial charge in [0.15, 0.2) is 0 Å². The number of ether oxygens (including phenoxy) is 1. The molecule has 0 saturated heterocycles. The summed E-state index contributed by atoms with van der Waals surface area (Å²) >= 11 is 6.22. The van der Waals surface area contributed by atoms with E-state index >= 15 is 0 Å².